The zero-order valence-corrected chi connectivity index (χ0v) is 22.2. The van der Waals surface area contributed by atoms with Crippen molar-refractivity contribution < 1.29 is 24.9 Å². The Morgan fingerprint density at radius 1 is 1.08 bits per heavy atom. The molecule has 196 valence electrons. The summed E-state index contributed by atoms with van der Waals surface area (Å²) in [4.78, 5) is 10.7. The molecule has 2 aromatic carbocycles. The van der Waals surface area contributed by atoms with Crippen molar-refractivity contribution in [2.75, 3.05) is 6.61 Å². The first kappa shape index (κ1) is 27.9. The summed E-state index contributed by atoms with van der Waals surface area (Å²) < 4.78 is 5.87. The second kappa shape index (κ2) is 12.1. The van der Waals surface area contributed by atoms with Gasteiger partial charge in [0.2, 0.25) is 0 Å². The van der Waals surface area contributed by atoms with Crippen molar-refractivity contribution in [1.29, 1.82) is 0 Å². The predicted octanol–water partition coefficient (Wildman–Crippen LogP) is 6.33. The highest BCUT2D eigenvalue weighted by molar-refractivity contribution is 5.66. The number of carbonyl (C=O) groups is 1. The molecular weight excluding hydrogens is 452 g/mol. The van der Waals surface area contributed by atoms with Gasteiger partial charge in [0.05, 0.1) is 11.7 Å². The van der Waals surface area contributed by atoms with Gasteiger partial charge in [-0.2, -0.15) is 0 Å². The number of ether oxygens (including phenoxy) is 1. The van der Waals surface area contributed by atoms with Crippen LogP contribution in [0.3, 0.4) is 0 Å². The summed E-state index contributed by atoms with van der Waals surface area (Å²) in [6.07, 6.45) is 8.92. The molecule has 36 heavy (non-hydrogen) atoms. The lowest BCUT2D eigenvalue weighted by Gasteiger charge is -2.34. The fourth-order valence-electron chi connectivity index (χ4n) is 5.21. The Morgan fingerprint density at radius 2 is 1.72 bits per heavy atom. The minimum Gasteiger partial charge on any atom is -0.491 e. The van der Waals surface area contributed by atoms with Crippen LogP contribution in [0.2, 0.25) is 0 Å². The lowest BCUT2D eigenvalue weighted by Crippen LogP contribution is -2.33. The van der Waals surface area contributed by atoms with Crippen molar-refractivity contribution in [2.24, 2.45) is 0 Å². The molecule has 5 nitrogen and oxygen atoms in total. The molecule has 0 radical (unpaired) electrons. The van der Waals surface area contributed by atoms with E-state index in [0.717, 1.165) is 49.0 Å². The molecule has 0 saturated heterocycles. The summed E-state index contributed by atoms with van der Waals surface area (Å²) in [5, 5.41) is 29.3. The van der Waals surface area contributed by atoms with E-state index in [1.165, 1.54) is 16.7 Å². The summed E-state index contributed by atoms with van der Waals surface area (Å²) in [7, 11) is 0. The number of aliphatic hydroxyl groups excluding tert-OH is 1. The monoisotopic (exact) mass is 494 g/mol. The molecule has 5 heteroatoms. The molecule has 3 rings (SSSR count). The third-order valence-electron chi connectivity index (χ3n) is 7.91. The minimum atomic E-state index is -0.849. The van der Waals surface area contributed by atoms with E-state index in [0.29, 0.717) is 12.8 Å². The maximum atomic E-state index is 10.7. The van der Waals surface area contributed by atoms with Crippen LogP contribution in [0.25, 0.3) is 6.08 Å². The first-order valence-electron chi connectivity index (χ1n) is 13.3. The zero-order chi connectivity index (χ0) is 26.3. The van der Waals surface area contributed by atoms with Gasteiger partial charge in [0, 0.05) is 11.8 Å². The first-order chi connectivity index (χ1) is 17.1. The van der Waals surface area contributed by atoms with E-state index < -0.39 is 17.7 Å². The number of aliphatic hydroxyl groups is 2. The maximum absolute atomic E-state index is 10.7. The molecule has 0 spiro atoms. The quantitative estimate of drug-likeness (QED) is 0.303. The third-order valence-corrected chi connectivity index (χ3v) is 7.91. The number of carboxylic acids is 1. The Balaban J connectivity index is 1.76. The topological polar surface area (TPSA) is 87.0 Å². The molecule has 0 heterocycles. The van der Waals surface area contributed by atoms with Crippen LogP contribution in [0.5, 0.6) is 5.75 Å². The molecule has 1 saturated carbocycles. The fraction of sp³-hybridized carbons (Fsp3) is 0.516. The van der Waals surface area contributed by atoms with E-state index in [-0.39, 0.29) is 18.4 Å². The second-order valence-electron chi connectivity index (χ2n) is 10.4. The van der Waals surface area contributed by atoms with Crippen molar-refractivity contribution in [3.05, 3.63) is 70.3 Å². The second-order valence-corrected chi connectivity index (χ2v) is 10.4. The first-order valence-corrected chi connectivity index (χ1v) is 13.3. The summed E-state index contributed by atoms with van der Waals surface area (Å²) in [5.41, 5.74) is 5.13. The van der Waals surface area contributed by atoms with Gasteiger partial charge in [-0.3, -0.25) is 4.79 Å². The molecule has 0 aromatic heterocycles. The van der Waals surface area contributed by atoms with Crippen LogP contribution in [0, 0.1) is 13.8 Å². The molecule has 0 unspecified atom stereocenters. The molecule has 2 aromatic rings. The van der Waals surface area contributed by atoms with Crippen LogP contribution < -0.4 is 4.74 Å². The van der Waals surface area contributed by atoms with Gasteiger partial charge in [-0.1, -0.05) is 56.3 Å². The van der Waals surface area contributed by atoms with E-state index in [2.05, 4.69) is 57.2 Å². The van der Waals surface area contributed by atoms with Crippen LogP contribution in [0.15, 0.2) is 42.5 Å². The highest BCUT2D eigenvalue weighted by Crippen LogP contribution is 2.41. The Bertz CT molecular complexity index is 1060. The Hall–Kier alpha value is -2.63. The van der Waals surface area contributed by atoms with E-state index in [1.807, 2.05) is 19.1 Å². The van der Waals surface area contributed by atoms with Crippen molar-refractivity contribution in [3.8, 4) is 5.75 Å². The highest BCUT2D eigenvalue weighted by atomic mass is 16.5. The van der Waals surface area contributed by atoms with Gasteiger partial charge in [0.1, 0.15) is 12.4 Å². The molecule has 1 fully saturated rings. The van der Waals surface area contributed by atoms with Crippen LogP contribution in [0.1, 0.15) is 93.0 Å². The number of hydrogen-bond donors (Lipinski definition) is 3. The van der Waals surface area contributed by atoms with Gasteiger partial charge >= 0.3 is 5.97 Å². The Kier molecular flexibility index (Phi) is 9.37. The van der Waals surface area contributed by atoms with Gasteiger partial charge in [0.25, 0.3) is 0 Å². The van der Waals surface area contributed by atoms with Crippen LogP contribution in [-0.4, -0.2) is 39.6 Å². The molecular formula is C31H42O5. The molecule has 1 aliphatic rings. The van der Waals surface area contributed by atoms with Crippen molar-refractivity contribution in [2.45, 2.75) is 96.2 Å². The average molecular weight is 495 g/mol. The molecule has 1 atom stereocenters. The predicted molar refractivity (Wildman–Crippen MR) is 145 cm³/mol. The summed E-state index contributed by atoms with van der Waals surface area (Å²) in [5.74, 6) is -0.110. The Labute approximate surface area is 215 Å². The number of carboxylic acid groups (broad SMARTS) is 1. The minimum absolute atomic E-state index is 0.0554. The average Bonchev–Trinajstić information content (AvgIpc) is 2.82. The van der Waals surface area contributed by atoms with Crippen LogP contribution in [-0.2, 0) is 10.2 Å². The maximum Gasteiger partial charge on any atom is 0.303 e. The normalized spacial score (nSPS) is 16.1. The fourth-order valence-corrected chi connectivity index (χ4v) is 5.21. The lowest BCUT2D eigenvalue weighted by atomic mass is 9.70. The van der Waals surface area contributed by atoms with E-state index in [4.69, 9.17) is 9.84 Å². The molecule has 1 aliphatic carbocycles. The van der Waals surface area contributed by atoms with E-state index in [1.54, 1.807) is 0 Å². The van der Waals surface area contributed by atoms with E-state index >= 15 is 0 Å². The van der Waals surface area contributed by atoms with Gasteiger partial charge in [0.15, 0.2) is 0 Å². The number of aryl methyl sites for hydroxylation is 2. The number of rotatable bonds is 13. The Morgan fingerprint density at radius 3 is 2.25 bits per heavy atom. The SMILES string of the molecule is CCC(CC)(c1ccc(/C=C/C2(O)CCC2)c(C)c1)c1ccc(OC[C@@H](O)CCCC(=O)O)c(C)c1. The summed E-state index contributed by atoms with van der Waals surface area (Å²) in [6, 6.07) is 13.0. The zero-order valence-electron chi connectivity index (χ0n) is 22.2. The van der Waals surface area contributed by atoms with Crippen molar-refractivity contribution in [3.63, 3.8) is 0 Å². The van der Waals surface area contributed by atoms with Gasteiger partial charge in [-0.15, -0.1) is 0 Å². The molecule has 3 N–H and O–H groups in total. The third kappa shape index (κ3) is 6.57. The smallest absolute Gasteiger partial charge is 0.303 e. The van der Waals surface area contributed by atoms with Crippen molar-refractivity contribution in [1.82, 2.24) is 0 Å². The standard InChI is InChI=1S/C31H42O5/c1-5-31(6-2,25-12-11-24(22(3)19-25)15-18-30(35)16-8-17-30)26-13-14-28(23(4)20-26)36-21-27(32)9-7-10-29(33)34/h11-15,18-20,27,32,35H,5-10,16-17,21H2,1-4H3,(H,33,34)/b18-15+/t27-/m0/s1. The van der Waals surface area contributed by atoms with Gasteiger partial charge < -0.3 is 20.1 Å². The van der Waals surface area contributed by atoms with Gasteiger partial charge in [-0.05, 0) is 92.7 Å². The lowest BCUT2D eigenvalue weighted by molar-refractivity contribution is -0.137. The number of benzene rings is 2. The highest BCUT2D eigenvalue weighted by Gasteiger charge is 2.32. The van der Waals surface area contributed by atoms with Crippen LogP contribution in [0.4, 0.5) is 0 Å². The van der Waals surface area contributed by atoms with Gasteiger partial charge in [-0.25, -0.2) is 0 Å². The van der Waals surface area contributed by atoms with Crippen molar-refractivity contribution >= 4 is 12.0 Å². The number of hydrogen-bond acceptors (Lipinski definition) is 4. The molecule has 0 amide bonds. The van der Waals surface area contributed by atoms with E-state index in [9.17, 15) is 15.0 Å². The summed E-state index contributed by atoms with van der Waals surface area (Å²) >= 11 is 0. The summed E-state index contributed by atoms with van der Waals surface area (Å²) in [6.45, 7) is 8.76. The number of aliphatic carboxylic acids is 1. The molecule has 0 bridgehead atoms. The molecule has 0 aliphatic heterocycles. The largest absolute Gasteiger partial charge is 0.491 e. The van der Waals surface area contributed by atoms with Crippen LogP contribution >= 0.6 is 0 Å².